The highest BCUT2D eigenvalue weighted by Crippen LogP contribution is 2.27. The van der Waals surface area contributed by atoms with Gasteiger partial charge in [-0.2, -0.15) is 0 Å². The van der Waals surface area contributed by atoms with Crippen LogP contribution in [0.1, 0.15) is 24.2 Å². The van der Waals surface area contributed by atoms with Crippen LogP contribution < -0.4 is 11.1 Å². The summed E-state index contributed by atoms with van der Waals surface area (Å²) in [5.41, 5.74) is 5.48. The highest BCUT2D eigenvalue weighted by Gasteiger charge is 2.32. The normalized spacial score (nSPS) is 20.2. The number of carbonyl (C=O) groups is 1. The lowest BCUT2D eigenvalue weighted by Gasteiger charge is -2.17. The predicted octanol–water partition coefficient (Wildman–Crippen LogP) is 1.26. The van der Waals surface area contributed by atoms with E-state index in [9.17, 15) is 14.9 Å². The van der Waals surface area contributed by atoms with E-state index < -0.39 is 16.6 Å². The number of carbonyl (C=O) groups excluding carboxylic acids is 1. The minimum absolute atomic E-state index is 0.127. The third-order valence-electron chi connectivity index (χ3n) is 3.07. The van der Waals surface area contributed by atoms with Crippen LogP contribution in [0.5, 0.6) is 0 Å². The molecule has 3 N–H and O–H groups in total. The van der Waals surface area contributed by atoms with Crippen molar-refractivity contribution in [3.8, 4) is 0 Å². The molecular weight excluding hydrogens is 278 g/mol. The van der Waals surface area contributed by atoms with E-state index in [0.717, 1.165) is 0 Å². The fraction of sp³-hybridized carbons (Fsp3) is 0.462. The lowest BCUT2D eigenvalue weighted by molar-refractivity contribution is -0.384. The molecule has 8 heteroatoms. The fourth-order valence-corrected chi connectivity index (χ4v) is 2.08. The number of anilines is 1. The molecule has 0 spiro atoms. The third kappa shape index (κ3) is 3.67. The summed E-state index contributed by atoms with van der Waals surface area (Å²) in [6.45, 7) is 4.31. The summed E-state index contributed by atoms with van der Waals surface area (Å²) < 4.78 is 11.0. The van der Waals surface area contributed by atoms with E-state index in [1.54, 1.807) is 13.8 Å². The van der Waals surface area contributed by atoms with Crippen LogP contribution in [0.15, 0.2) is 18.2 Å². The lowest BCUT2D eigenvalue weighted by Crippen LogP contribution is -2.26. The number of hydrogen-bond donors (Lipinski definition) is 2. The van der Waals surface area contributed by atoms with E-state index in [-0.39, 0.29) is 23.0 Å². The smallest absolute Gasteiger partial charge is 0.292 e. The Morgan fingerprint density at radius 2 is 2.29 bits per heavy atom. The first-order chi connectivity index (χ1) is 9.78. The van der Waals surface area contributed by atoms with E-state index in [2.05, 4.69) is 5.32 Å². The summed E-state index contributed by atoms with van der Waals surface area (Å²) in [5.74, 6) is -1.30. The van der Waals surface area contributed by atoms with Crippen molar-refractivity contribution >= 4 is 17.3 Å². The molecule has 0 saturated carbocycles. The molecular formula is C13H17N3O5. The Balaban J connectivity index is 2.12. The molecule has 0 aromatic heterocycles. The number of benzene rings is 1. The number of nitrogens with zero attached hydrogens (tertiary/aromatic N) is 1. The second-order valence-corrected chi connectivity index (χ2v) is 5.18. The summed E-state index contributed by atoms with van der Waals surface area (Å²) in [4.78, 5) is 21.6. The Morgan fingerprint density at radius 3 is 2.81 bits per heavy atom. The highest BCUT2D eigenvalue weighted by molar-refractivity contribution is 5.94. The number of hydrogen-bond acceptors (Lipinski definition) is 6. The Morgan fingerprint density at radius 1 is 1.57 bits per heavy atom. The van der Waals surface area contributed by atoms with Crippen LogP contribution in [0.2, 0.25) is 0 Å². The molecule has 2 rings (SSSR count). The summed E-state index contributed by atoms with van der Waals surface area (Å²) in [7, 11) is 0. The number of amides is 1. The van der Waals surface area contributed by atoms with Crippen LogP contribution in [-0.4, -0.2) is 35.9 Å². The maximum absolute atomic E-state index is 11.2. The lowest BCUT2D eigenvalue weighted by atomic mass is 10.1. The molecule has 1 fully saturated rings. The number of ether oxygens (including phenoxy) is 2. The van der Waals surface area contributed by atoms with Gasteiger partial charge in [0.1, 0.15) is 11.8 Å². The van der Waals surface area contributed by atoms with E-state index in [0.29, 0.717) is 13.2 Å². The van der Waals surface area contributed by atoms with Gasteiger partial charge in [0, 0.05) is 18.2 Å². The van der Waals surface area contributed by atoms with Gasteiger partial charge in [-0.05, 0) is 26.0 Å². The molecule has 0 radical (unpaired) electrons. The van der Waals surface area contributed by atoms with E-state index in [4.69, 9.17) is 15.2 Å². The molecule has 1 unspecified atom stereocenters. The average Bonchev–Trinajstić information content (AvgIpc) is 2.75. The summed E-state index contributed by atoms with van der Waals surface area (Å²) in [6.07, 6.45) is -0.225. The first-order valence-corrected chi connectivity index (χ1v) is 6.42. The number of primary amides is 1. The van der Waals surface area contributed by atoms with Crippen molar-refractivity contribution < 1.29 is 19.2 Å². The van der Waals surface area contributed by atoms with Crippen molar-refractivity contribution in [1.29, 1.82) is 0 Å². The molecule has 1 aromatic carbocycles. The molecule has 8 nitrogen and oxygen atoms in total. The van der Waals surface area contributed by atoms with Gasteiger partial charge in [-0.15, -0.1) is 0 Å². The Kier molecular flexibility index (Phi) is 4.10. The zero-order chi connectivity index (χ0) is 15.6. The van der Waals surface area contributed by atoms with Crippen LogP contribution in [-0.2, 0) is 9.47 Å². The standard InChI is InChI=1S/C13H17N3O5/c1-13(2)20-7-9(21-13)6-15-10-5-8(12(14)17)3-4-11(10)16(18)19/h3-5,9,15H,6-7H2,1-2H3,(H2,14,17). The van der Waals surface area contributed by atoms with Crippen molar-refractivity contribution in [1.82, 2.24) is 0 Å². The topological polar surface area (TPSA) is 117 Å². The van der Waals surface area contributed by atoms with Gasteiger partial charge >= 0.3 is 0 Å². The summed E-state index contributed by atoms with van der Waals surface area (Å²) >= 11 is 0. The Hall–Kier alpha value is -2.19. The molecule has 1 aromatic rings. The molecule has 1 atom stereocenters. The van der Waals surface area contributed by atoms with E-state index >= 15 is 0 Å². The van der Waals surface area contributed by atoms with E-state index in [1.165, 1.54) is 18.2 Å². The molecule has 0 aliphatic carbocycles. The minimum Gasteiger partial charge on any atom is -0.377 e. The molecule has 1 heterocycles. The Bertz CT molecular complexity index is 573. The van der Waals surface area contributed by atoms with Gasteiger partial charge in [-0.25, -0.2) is 0 Å². The third-order valence-corrected chi connectivity index (χ3v) is 3.07. The van der Waals surface area contributed by atoms with Gasteiger partial charge in [0.25, 0.3) is 5.69 Å². The monoisotopic (exact) mass is 295 g/mol. The first-order valence-electron chi connectivity index (χ1n) is 6.42. The number of nitro groups is 1. The number of nitrogens with one attached hydrogen (secondary N) is 1. The SMILES string of the molecule is CC1(C)OCC(CNc2cc(C(N)=O)ccc2[N+](=O)[O-])O1. The first kappa shape index (κ1) is 15.2. The second-order valence-electron chi connectivity index (χ2n) is 5.18. The summed E-state index contributed by atoms with van der Waals surface area (Å²) in [6, 6.07) is 3.93. The molecule has 0 bridgehead atoms. The molecule has 1 amide bonds. The van der Waals surface area contributed by atoms with Crippen molar-refractivity contribution in [2.75, 3.05) is 18.5 Å². The Labute approximate surface area is 121 Å². The van der Waals surface area contributed by atoms with Crippen LogP contribution >= 0.6 is 0 Å². The fourth-order valence-electron chi connectivity index (χ4n) is 2.08. The number of rotatable bonds is 5. The van der Waals surface area contributed by atoms with Gasteiger partial charge in [0.2, 0.25) is 5.91 Å². The highest BCUT2D eigenvalue weighted by atomic mass is 16.7. The maximum Gasteiger partial charge on any atom is 0.292 e. The predicted molar refractivity (Wildman–Crippen MR) is 75.0 cm³/mol. The van der Waals surface area contributed by atoms with Gasteiger partial charge in [0.05, 0.1) is 11.5 Å². The van der Waals surface area contributed by atoms with Gasteiger partial charge < -0.3 is 20.5 Å². The quantitative estimate of drug-likeness (QED) is 0.623. The van der Waals surface area contributed by atoms with Crippen molar-refractivity contribution in [3.63, 3.8) is 0 Å². The van der Waals surface area contributed by atoms with Gasteiger partial charge in [0.15, 0.2) is 5.79 Å². The number of nitro benzene ring substituents is 1. The van der Waals surface area contributed by atoms with Crippen LogP contribution in [0.3, 0.4) is 0 Å². The van der Waals surface area contributed by atoms with E-state index in [1.807, 2.05) is 0 Å². The van der Waals surface area contributed by atoms with Crippen LogP contribution in [0.4, 0.5) is 11.4 Å². The number of nitrogens with two attached hydrogens (primary N) is 1. The van der Waals surface area contributed by atoms with Crippen LogP contribution in [0, 0.1) is 10.1 Å². The van der Waals surface area contributed by atoms with Crippen molar-refractivity contribution in [2.24, 2.45) is 5.73 Å². The minimum atomic E-state index is -0.659. The summed E-state index contributed by atoms with van der Waals surface area (Å²) in [5, 5.41) is 13.9. The molecule has 114 valence electrons. The van der Waals surface area contributed by atoms with Gasteiger partial charge in [-0.3, -0.25) is 14.9 Å². The molecule has 1 saturated heterocycles. The molecule has 1 aliphatic rings. The van der Waals surface area contributed by atoms with Crippen molar-refractivity contribution in [3.05, 3.63) is 33.9 Å². The molecule has 1 aliphatic heterocycles. The largest absolute Gasteiger partial charge is 0.377 e. The average molecular weight is 295 g/mol. The second kappa shape index (κ2) is 5.66. The molecule has 21 heavy (non-hydrogen) atoms. The van der Waals surface area contributed by atoms with Crippen LogP contribution in [0.25, 0.3) is 0 Å². The van der Waals surface area contributed by atoms with Crippen molar-refractivity contribution in [2.45, 2.75) is 25.7 Å². The van der Waals surface area contributed by atoms with Gasteiger partial charge in [-0.1, -0.05) is 0 Å². The zero-order valence-electron chi connectivity index (χ0n) is 11.8. The maximum atomic E-state index is 11.2. The zero-order valence-corrected chi connectivity index (χ0v) is 11.8.